The van der Waals surface area contributed by atoms with Gasteiger partial charge in [-0.05, 0) is 0 Å². The fourth-order valence-electron chi connectivity index (χ4n) is 2.43. The molecule has 0 saturated heterocycles. The van der Waals surface area contributed by atoms with Crippen molar-refractivity contribution in [2.75, 3.05) is 56.9 Å². The maximum atomic E-state index is 6.29. The Morgan fingerprint density at radius 3 is 0.485 bits per heavy atom. The van der Waals surface area contributed by atoms with Crippen LogP contribution in [0.15, 0.2) is 0 Å². The molecular formula is C14H42O13Si6. The second-order valence-corrected chi connectivity index (χ2v) is 25.0. The van der Waals surface area contributed by atoms with E-state index in [0.29, 0.717) is 0 Å². The summed E-state index contributed by atoms with van der Waals surface area (Å²) in [6.07, 6.45) is 0. The maximum Gasteiger partial charge on any atom is 0.489 e. The third kappa shape index (κ3) is 10.3. The highest BCUT2D eigenvalue weighted by Gasteiger charge is 2.58. The molecule has 0 rings (SSSR count). The van der Waals surface area contributed by atoms with E-state index in [4.69, 9.17) is 56.0 Å². The van der Waals surface area contributed by atoms with Crippen LogP contribution >= 0.6 is 0 Å². The Morgan fingerprint density at radius 1 is 0.242 bits per heavy atom. The monoisotopic (exact) mass is 586 g/mol. The standard InChI is InChI=1S/C14H42O13Si6/c1-15-28(9,16-2)23-30(11,19-5)25-32(13,21-7)27-33(14,22-8)26-31(12,20-6)24-29(10,17-3)18-4/h1-14H3. The van der Waals surface area contributed by atoms with Gasteiger partial charge in [0.05, 0.1) is 0 Å². The van der Waals surface area contributed by atoms with Gasteiger partial charge in [0.1, 0.15) is 0 Å². The van der Waals surface area contributed by atoms with E-state index in [1.807, 2.05) is 0 Å². The molecule has 0 N–H and O–H groups in total. The minimum absolute atomic E-state index is 1.47. The molecule has 0 aromatic carbocycles. The molecular weight excluding hydrogens is 545 g/mol. The predicted octanol–water partition coefficient (Wildman–Crippen LogP) is 1.65. The van der Waals surface area contributed by atoms with Gasteiger partial charge in [-0.2, -0.15) is 0 Å². The molecule has 0 heterocycles. The Morgan fingerprint density at radius 2 is 0.364 bits per heavy atom. The molecule has 0 radical (unpaired) electrons. The van der Waals surface area contributed by atoms with Crippen molar-refractivity contribution < 1.29 is 56.0 Å². The van der Waals surface area contributed by atoms with Gasteiger partial charge in [-0.25, -0.2) is 0 Å². The summed E-state index contributed by atoms with van der Waals surface area (Å²) in [6, 6.07) is 0. The Bertz CT molecular complexity index is 540. The molecule has 200 valence electrons. The van der Waals surface area contributed by atoms with Gasteiger partial charge in [0.25, 0.3) is 0 Å². The lowest BCUT2D eigenvalue weighted by molar-refractivity contribution is 0.0637. The van der Waals surface area contributed by atoms with Crippen molar-refractivity contribution in [2.24, 2.45) is 0 Å². The van der Waals surface area contributed by atoms with E-state index in [1.165, 1.54) is 56.9 Å². The van der Waals surface area contributed by atoms with E-state index in [0.717, 1.165) is 0 Å². The summed E-state index contributed by atoms with van der Waals surface area (Å²) >= 11 is 0. The second-order valence-electron chi connectivity index (χ2n) is 7.32. The van der Waals surface area contributed by atoms with E-state index >= 15 is 0 Å². The predicted molar refractivity (Wildman–Crippen MR) is 131 cm³/mol. The molecule has 0 aromatic heterocycles. The highest BCUT2D eigenvalue weighted by molar-refractivity contribution is 6.85. The van der Waals surface area contributed by atoms with Crippen LogP contribution < -0.4 is 0 Å². The van der Waals surface area contributed by atoms with Crippen LogP contribution in [0.3, 0.4) is 0 Å². The highest BCUT2D eigenvalue weighted by atomic mass is 28.5. The molecule has 0 saturated carbocycles. The number of hydrogen-bond acceptors (Lipinski definition) is 13. The average Bonchev–Trinajstić information content (AvgIpc) is 2.78. The lowest BCUT2D eigenvalue weighted by Crippen LogP contribution is -2.66. The van der Waals surface area contributed by atoms with Crippen LogP contribution in [0, 0.1) is 0 Å². The van der Waals surface area contributed by atoms with Gasteiger partial charge in [-0.1, -0.05) is 0 Å². The van der Waals surface area contributed by atoms with Crippen LogP contribution in [-0.4, -0.2) is 110 Å². The van der Waals surface area contributed by atoms with Crippen LogP contribution in [0.4, 0.5) is 0 Å². The largest absolute Gasteiger partial charge is 0.489 e. The molecule has 0 amide bonds. The molecule has 0 aliphatic heterocycles. The van der Waals surface area contributed by atoms with E-state index in [9.17, 15) is 0 Å². The SMILES string of the molecule is CO[Si](C)(OC)O[Si](C)(OC)O[Si](C)(OC)O[Si](C)(OC)O[Si](C)(OC)O[Si](C)(OC)OC. The minimum atomic E-state index is -3.45. The first-order valence-electron chi connectivity index (χ1n) is 9.94. The molecule has 0 bridgehead atoms. The van der Waals surface area contributed by atoms with Gasteiger partial charge in [-0.3, -0.25) is 0 Å². The summed E-state index contributed by atoms with van der Waals surface area (Å²) < 4.78 is 75.1. The summed E-state index contributed by atoms with van der Waals surface area (Å²) in [5.74, 6) is 0. The van der Waals surface area contributed by atoms with E-state index < -0.39 is 52.8 Å². The van der Waals surface area contributed by atoms with Gasteiger partial charge >= 0.3 is 52.8 Å². The number of hydrogen-bond donors (Lipinski definition) is 0. The van der Waals surface area contributed by atoms with Crippen molar-refractivity contribution in [3.8, 4) is 0 Å². The van der Waals surface area contributed by atoms with E-state index in [2.05, 4.69) is 0 Å². The van der Waals surface area contributed by atoms with Gasteiger partial charge in [0.15, 0.2) is 0 Å². The van der Waals surface area contributed by atoms with Crippen LogP contribution in [-0.2, 0) is 56.0 Å². The smallest absolute Gasteiger partial charge is 0.378 e. The van der Waals surface area contributed by atoms with Gasteiger partial charge < -0.3 is 56.0 Å². The van der Waals surface area contributed by atoms with E-state index in [-0.39, 0.29) is 0 Å². The minimum Gasteiger partial charge on any atom is -0.378 e. The van der Waals surface area contributed by atoms with Gasteiger partial charge in [0.2, 0.25) is 0 Å². The van der Waals surface area contributed by atoms with Gasteiger partial charge in [-0.15, -0.1) is 0 Å². The Labute approximate surface area is 204 Å². The van der Waals surface area contributed by atoms with Crippen molar-refractivity contribution in [1.29, 1.82) is 0 Å². The Kier molecular flexibility index (Phi) is 13.7. The zero-order chi connectivity index (χ0) is 26.2. The van der Waals surface area contributed by atoms with E-state index in [1.54, 1.807) is 39.3 Å². The first-order valence-corrected chi connectivity index (χ1v) is 23.3. The van der Waals surface area contributed by atoms with Crippen LogP contribution in [0.5, 0.6) is 0 Å². The molecule has 33 heavy (non-hydrogen) atoms. The third-order valence-electron chi connectivity index (χ3n) is 4.82. The molecule has 13 nitrogen and oxygen atoms in total. The Hall–Kier alpha value is 0.781. The first kappa shape index (κ1) is 33.8. The second kappa shape index (κ2) is 13.4. The molecule has 19 heteroatoms. The zero-order valence-corrected chi connectivity index (χ0v) is 28.3. The topological polar surface area (TPSA) is 120 Å². The lowest BCUT2D eigenvalue weighted by Gasteiger charge is -2.41. The van der Waals surface area contributed by atoms with Crippen LogP contribution in [0.1, 0.15) is 0 Å². The molecule has 4 atom stereocenters. The number of rotatable bonds is 18. The lowest BCUT2D eigenvalue weighted by atomic mass is 11.8. The summed E-state index contributed by atoms with van der Waals surface area (Å²) in [4.78, 5) is 0. The summed E-state index contributed by atoms with van der Waals surface area (Å²) in [5, 5.41) is 0. The van der Waals surface area contributed by atoms with Gasteiger partial charge in [0, 0.05) is 96.2 Å². The fourth-order valence-corrected chi connectivity index (χ4v) is 22.4. The fraction of sp³-hybridized carbons (Fsp3) is 1.00. The first-order chi connectivity index (χ1) is 15.0. The van der Waals surface area contributed by atoms with Crippen LogP contribution in [0.25, 0.3) is 0 Å². The van der Waals surface area contributed by atoms with Crippen molar-refractivity contribution in [2.45, 2.75) is 39.3 Å². The quantitative estimate of drug-likeness (QED) is 0.217. The van der Waals surface area contributed by atoms with Crippen molar-refractivity contribution >= 4 is 52.8 Å². The summed E-state index contributed by atoms with van der Waals surface area (Å²) in [7, 11) is -7.69. The molecule has 0 spiro atoms. The zero-order valence-electron chi connectivity index (χ0n) is 22.3. The van der Waals surface area contributed by atoms with Crippen molar-refractivity contribution in [3.05, 3.63) is 0 Å². The van der Waals surface area contributed by atoms with Crippen molar-refractivity contribution in [1.82, 2.24) is 0 Å². The molecule has 0 fully saturated rings. The molecule has 0 aromatic rings. The third-order valence-corrected chi connectivity index (χ3v) is 25.6. The molecule has 0 aliphatic carbocycles. The Balaban J connectivity index is 5.85. The molecule has 4 unspecified atom stereocenters. The molecule has 0 aliphatic rings. The van der Waals surface area contributed by atoms with Crippen LogP contribution in [0.2, 0.25) is 39.3 Å². The summed E-state index contributed by atoms with van der Waals surface area (Å²) in [5.41, 5.74) is 0. The average molecular weight is 587 g/mol. The highest BCUT2D eigenvalue weighted by Crippen LogP contribution is 2.29. The summed E-state index contributed by atoms with van der Waals surface area (Å²) in [6.45, 7) is 10.2. The normalized spacial score (nSPS) is 20.5. The van der Waals surface area contributed by atoms with Crippen molar-refractivity contribution in [3.63, 3.8) is 0 Å². The maximum absolute atomic E-state index is 6.29.